The maximum atomic E-state index is 12.6. The van der Waals surface area contributed by atoms with Gasteiger partial charge in [-0.2, -0.15) is 13.2 Å². The Kier molecular flexibility index (Phi) is 2.67. The SMILES string of the molecule is Cc1cc([C@@](C)(N)C(F)(F)F)c(C)s1. The van der Waals surface area contributed by atoms with Crippen LogP contribution in [0.25, 0.3) is 0 Å². The molecule has 0 aromatic carbocycles. The van der Waals surface area contributed by atoms with E-state index in [9.17, 15) is 13.2 Å². The van der Waals surface area contributed by atoms with Crippen molar-refractivity contribution in [2.75, 3.05) is 0 Å². The molecule has 0 aliphatic heterocycles. The highest BCUT2D eigenvalue weighted by Gasteiger charge is 2.50. The van der Waals surface area contributed by atoms with Crippen molar-refractivity contribution in [2.45, 2.75) is 32.5 Å². The number of hydrogen-bond donors (Lipinski definition) is 1. The van der Waals surface area contributed by atoms with Crippen molar-refractivity contribution < 1.29 is 13.2 Å². The van der Waals surface area contributed by atoms with Gasteiger partial charge < -0.3 is 5.73 Å². The van der Waals surface area contributed by atoms with Crippen LogP contribution in [0, 0.1) is 13.8 Å². The smallest absolute Gasteiger partial charge is 0.314 e. The number of hydrogen-bond acceptors (Lipinski definition) is 2. The second-order valence-electron chi connectivity index (χ2n) is 3.53. The zero-order valence-electron chi connectivity index (χ0n) is 8.20. The molecule has 0 spiro atoms. The molecule has 14 heavy (non-hydrogen) atoms. The van der Waals surface area contributed by atoms with E-state index in [1.807, 2.05) is 0 Å². The molecule has 1 aromatic heterocycles. The van der Waals surface area contributed by atoms with Gasteiger partial charge in [-0.25, -0.2) is 0 Å². The number of nitrogens with two attached hydrogens (primary N) is 1. The lowest BCUT2D eigenvalue weighted by molar-refractivity contribution is -0.184. The number of thiophene rings is 1. The van der Waals surface area contributed by atoms with E-state index in [4.69, 9.17) is 5.73 Å². The summed E-state index contributed by atoms with van der Waals surface area (Å²) in [6, 6.07) is 1.51. The van der Waals surface area contributed by atoms with Crippen molar-refractivity contribution in [1.29, 1.82) is 0 Å². The van der Waals surface area contributed by atoms with Crippen LogP contribution in [0.2, 0.25) is 0 Å². The van der Waals surface area contributed by atoms with E-state index in [1.54, 1.807) is 13.8 Å². The highest BCUT2D eigenvalue weighted by Crippen LogP contribution is 2.40. The molecule has 0 aliphatic carbocycles. The highest BCUT2D eigenvalue weighted by atomic mass is 32.1. The van der Waals surface area contributed by atoms with Crippen LogP contribution in [0.1, 0.15) is 22.2 Å². The predicted molar refractivity (Wildman–Crippen MR) is 51.4 cm³/mol. The molecule has 1 rings (SSSR count). The molecule has 0 saturated heterocycles. The average Bonchev–Trinajstić information content (AvgIpc) is 2.27. The molecule has 0 amide bonds. The Bertz CT molecular complexity index is 338. The molecule has 1 atom stereocenters. The Morgan fingerprint density at radius 3 is 2.07 bits per heavy atom. The van der Waals surface area contributed by atoms with Crippen LogP contribution in [0.4, 0.5) is 13.2 Å². The first-order valence-corrected chi connectivity index (χ1v) is 4.91. The lowest BCUT2D eigenvalue weighted by Crippen LogP contribution is -2.47. The van der Waals surface area contributed by atoms with E-state index < -0.39 is 11.7 Å². The van der Waals surface area contributed by atoms with Gasteiger partial charge >= 0.3 is 6.18 Å². The summed E-state index contributed by atoms with van der Waals surface area (Å²) < 4.78 is 37.8. The molecule has 80 valence electrons. The summed E-state index contributed by atoms with van der Waals surface area (Å²) in [5.74, 6) is 0. The minimum atomic E-state index is -4.41. The zero-order valence-corrected chi connectivity index (χ0v) is 9.01. The fraction of sp³-hybridized carbons (Fsp3) is 0.556. The van der Waals surface area contributed by atoms with Gasteiger partial charge in [-0.3, -0.25) is 0 Å². The van der Waals surface area contributed by atoms with Crippen molar-refractivity contribution in [3.8, 4) is 0 Å². The third kappa shape index (κ3) is 1.79. The van der Waals surface area contributed by atoms with E-state index in [0.29, 0.717) is 4.88 Å². The van der Waals surface area contributed by atoms with Crippen LogP contribution >= 0.6 is 11.3 Å². The summed E-state index contributed by atoms with van der Waals surface area (Å²) in [5, 5.41) is 0. The van der Waals surface area contributed by atoms with Gasteiger partial charge in [0.1, 0.15) is 5.54 Å². The predicted octanol–water partition coefficient (Wildman–Crippen LogP) is 3.10. The van der Waals surface area contributed by atoms with Crippen molar-refractivity contribution in [3.05, 3.63) is 21.4 Å². The lowest BCUT2D eigenvalue weighted by atomic mass is 9.93. The van der Waals surface area contributed by atoms with Gasteiger partial charge in [0.05, 0.1) is 0 Å². The Morgan fingerprint density at radius 1 is 1.29 bits per heavy atom. The first kappa shape index (κ1) is 11.5. The third-order valence-corrected chi connectivity index (χ3v) is 3.16. The maximum absolute atomic E-state index is 12.6. The molecule has 0 bridgehead atoms. The Labute approximate surface area is 84.7 Å². The van der Waals surface area contributed by atoms with Crippen LogP contribution < -0.4 is 5.73 Å². The quantitative estimate of drug-likeness (QED) is 0.777. The molecule has 0 saturated carbocycles. The maximum Gasteiger partial charge on any atom is 0.410 e. The minimum Gasteiger partial charge on any atom is -0.314 e. The second kappa shape index (κ2) is 3.24. The molecule has 0 aliphatic rings. The fourth-order valence-electron chi connectivity index (χ4n) is 1.30. The van der Waals surface area contributed by atoms with Crippen molar-refractivity contribution in [3.63, 3.8) is 0 Å². The summed E-state index contributed by atoms with van der Waals surface area (Å²) >= 11 is 1.33. The molecule has 1 nitrogen and oxygen atoms in total. The van der Waals surface area contributed by atoms with Gasteiger partial charge in [0, 0.05) is 9.75 Å². The topological polar surface area (TPSA) is 26.0 Å². The van der Waals surface area contributed by atoms with Crippen LogP contribution in [-0.4, -0.2) is 6.18 Å². The van der Waals surface area contributed by atoms with E-state index in [1.165, 1.54) is 17.4 Å². The summed E-state index contributed by atoms with van der Waals surface area (Å²) in [7, 11) is 0. The molecule has 0 fully saturated rings. The van der Waals surface area contributed by atoms with E-state index in [-0.39, 0.29) is 5.56 Å². The standard InChI is InChI=1S/C9H12F3NS/c1-5-4-7(6(2)14-5)8(3,13)9(10,11)12/h4H,13H2,1-3H3/t8-/m1/s1. The summed E-state index contributed by atoms with van der Waals surface area (Å²) in [5.41, 5.74) is 3.24. The van der Waals surface area contributed by atoms with Gasteiger partial charge in [-0.1, -0.05) is 0 Å². The number of halogens is 3. The fourth-order valence-corrected chi connectivity index (χ4v) is 2.34. The highest BCUT2D eigenvalue weighted by molar-refractivity contribution is 7.12. The molecule has 5 heteroatoms. The summed E-state index contributed by atoms with van der Waals surface area (Å²) in [6.07, 6.45) is -4.41. The van der Waals surface area contributed by atoms with E-state index >= 15 is 0 Å². The van der Waals surface area contributed by atoms with Gasteiger partial charge in [0.25, 0.3) is 0 Å². The first-order valence-electron chi connectivity index (χ1n) is 4.09. The molecular weight excluding hydrogens is 211 g/mol. The Hall–Kier alpha value is -0.550. The normalized spacial score (nSPS) is 16.8. The zero-order chi connectivity index (χ0) is 11.1. The van der Waals surface area contributed by atoms with Crippen LogP contribution in [-0.2, 0) is 5.54 Å². The van der Waals surface area contributed by atoms with Gasteiger partial charge in [0.2, 0.25) is 0 Å². The van der Waals surface area contributed by atoms with E-state index in [0.717, 1.165) is 11.8 Å². The van der Waals surface area contributed by atoms with Gasteiger partial charge in [-0.15, -0.1) is 11.3 Å². The third-order valence-electron chi connectivity index (χ3n) is 2.19. The molecule has 1 heterocycles. The van der Waals surface area contributed by atoms with Gasteiger partial charge in [0.15, 0.2) is 0 Å². The second-order valence-corrected chi connectivity index (χ2v) is 4.99. The van der Waals surface area contributed by atoms with Crippen molar-refractivity contribution in [2.24, 2.45) is 5.73 Å². The minimum absolute atomic E-state index is 0.174. The largest absolute Gasteiger partial charge is 0.410 e. The molecule has 0 radical (unpaired) electrons. The Balaban J connectivity index is 3.22. The average molecular weight is 223 g/mol. The van der Waals surface area contributed by atoms with Crippen molar-refractivity contribution >= 4 is 11.3 Å². The summed E-state index contributed by atoms with van der Waals surface area (Å²) in [4.78, 5) is 1.48. The molecular formula is C9H12F3NS. The first-order chi connectivity index (χ1) is 6.16. The molecule has 2 N–H and O–H groups in total. The summed E-state index contributed by atoms with van der Waals surface area (Å²) in [6.45, 7) is 4.43. The van der Waals surface area contributed by atoms with Crippen LogP contribution in [0.3, 0.4) is 0 Å². The Morgan fingerprint density at radius 2 is 1.79 bits per heavy atom. The molecule has 0 unspecified atom stereocenters. The lowest BCUT2D eigenvalue weighted by Gasteiger charge is -2.27. The van der Waals surface area contributed by atoms with Gasteiger partial charge in [-0.05, 0) is 32.4 Å². The van der Waals surface area contributed by atoms with E-state index in [2.05, 4.69) is 0 Å². The number of aryl methyl sites for hydroxylation is 2. The molecule has 1 aromatic rings. The number of rotatable bonds is 1. The van der Waals surface area contributed by atoms with Crippen molar-refractivity contribution in [1.82, 2.24) is 0 Å². The number of alkyl halides is 3. The van der Waals surface area contributed by atoms with Crippen LogP contribution in [0.5, 0.6) is 0 Å². The monoisotopic (exact) mass is 223 g/mol. The van der Waals surface area contributed by atoms with Crippen LogP contribution in [0.15, 0.2) is 6.07 Å².